The number of carbonyl (C=O) groups excluding carboxylic acids is 2. The van der Waals surface area contributed by atoms with Crippen molar-refractivity contribution in [3.63, 3.8) is 0 Å². The molecule has 88 valence electrons. The third-order valence-electron chi connectivity index (χ3n) is 4.35. The number of rotatable bonds is 0. The van der Waals surface area contributed by atoms with E-state index in [1.807, 2.05) is 13.8 Å². The second kappa shape index (κ2) is 2.85. The van der Waals surface area contributed by atoms with Crippen LogP contribution in [0.25, 0.3) is 0 Å². The van der Waals surface area contributed by atoms with Crippen molar-refractivity contribution in [1.29, 1.82) is 0 Å². The van der Waals surface area contributed by atoms with E-state index in [1.165, 1.54) is 0 Å². The summed E-state index contributed by atoms with van der Waals surface area (Å²) in [5, 5.41) is 10.6. The van der Waals surface area contributed by atoms with Gasteiger partial charge in [0.1, 0.15) is 5.60 Å². The zero-order valence-corrected chi connectivity index (χ0v) is 9.86. The van der Waals surface area contributed by atoms with Crippen molar-refractivity contribution < 1.29 is 14.7 Å². The second-order valence-electron chi connectivity index (χ2n) is 5.65. The van der Waals surface area contributed by atoms with Gasteiger partial charge in [-0.3, -0.25) is 9.59 Å². The van der Waals surface area contributed by atoms with E-state index in [1.54, 1.807) is 24.3 Å². The number of benzene rings is 1. The first-order chi connectivity index (χ1) is 7.89. The van der Waals surface area contributed by atoms with Crippen LogP contribution in [0, 0.1) is 11.3 Å². The van der Waals surface area contributed by atoms with Gasteiger partial charge < -0.3 is 5.11 Å². The second-order valence-corrected chi connectivity index (χ2v) is 5.65. The van der Waals surface area contributed by atoms with Crippen LogP contribution in [0.3, 0.4) is 0 Å². The molecule has 3 rings (SSSR count). The Balaban J connectivity index is 2.24. The van der Waals surface area contributed by atoms with Crippen molar-refractivity contribution in [2.24, 2.45) is 11.3 Å². The largest absolute Gasteiger partial charge is 0.380 e. The number of carbonyl (C=O) groups is 2. The van der Waals surface area contributed by atoms with Crippen LogP contribution < -0.4 is 0 Å². The van der Waals surface area contributed by atoms with Crippen LogP contribution in [-0.4, -0.2) is 22.3 Å². The summed E-state index contributed by atoms with van der Waals surface area (Å²) in [5.74, 6) is -0.948. The minimum Gasteiger partial charge on any atom is -0.380 e. The molecule has 3 nitrogen and oxygen atoms in total. The van der Waals surface area contributed by atoms with Gasteiger partial charge in [0.05, 0.1) is 5.92 Å². The molecule has 0 aromatic heterocycles. The van der Waals surface area contributed by atoms with Gasteiger partial charge in [0.2, 0.25) is 0 Å². The van der Waals surface area contributed by atoms with E-state index in [0.29, 0.717) is 17.5 Å². The molecule has 1 N–H and O–H groups in total. The zero-order chi connectivity index (χ0) is 12.4. The van der Waals surface area contributed by atoms with Crippen LogP contribution in [0.4, 0.5) is 0 Å². The maximum Gasteiger partial charge on any atom is 0.196 e. The molecule has 0 unspecified atom stereocenters. The van der Waals surface area contributed by atoms with Crippen molar-refractivity contribution in [2.45, 2.75) is 25.9 Å². The van der Waals surface area contributed by atoms with Crippen LogP contribution in [0.1, 0.15) is 41.0 Å². The van der Waals surface area contributed by atoms with Crippen molar-refractivity contribution >= 4 is 11.6 Å². The molecule has 0 aliphatic heterocycles. The number of fused-ring (bicyclic) bond motifs is 2. The predicted molar refractivity (Wildman–Crippen MR) is 61.9 cm³/mol. The van der Waals surface area contributed by atoms with Crippen LogP contribution in [0.5, 0.6) is 0 Å². The molecule has 1 aromatic rings. The SMILES string of the molecule is CC1(C)C[C@@H]2C(=O)c3ccccc3C(=O)[C@@]21O. The highest BCUT2D eigenvalue weighted by Crippen LogP contribution is 2.58. The molecular weight excluding hydrogens is 216 g/mol. The molecule has 17 heavy (non-hydrogen) atoms. The molecule has 0 amide bonds. The monoisotopic (exact) mass is 230 g/mol. The van der Waals surface area contributed by atoms with Crippen molar-refractivity contribution in [3.05, 3.63) is 35.4 Å². The van der Waals surface area contributed by atoms with Gasteiger partial charge in [-0.25, -0.2) is 0 Å². The average molecular weight is 230 g/mol. The minimum atomic E-state index is -1.50. The van der Waals surface area contributed by atoms with Crippen molar-refractivity contribution in [1.82, 2.24) is 0 Å². The fourth-order valence-electron chi connectivity index (χ4n) is 3.19. The van der Waals surface area contributed by atoms with E-state index in [0.717, 1.165) is 0 Å². The van der Waals surface area contributed by atoms with Gasteiger partial charge in [-0.05, 0) is 6.42 Å². The molecule has 0 radical (unpaired) electrons. The molecule has 1 saturated carbocycles. The Labute approximate surface area is 99.5 Å². The van der Waals surface area contributed by atoms with E-state index >= 15 is 0 Å². The normalized spacial score (nSPS) is 33.7. The van der Waals surface area contributed by atoms with Gasteiger partial charge in [0, 0.05) is 16.5 Å². The fourth-order valence-corrected chi connectivity index (χ4v) is 3.19. The third kappa shape index (κ3) is 1.01. The maximum absolute atomic E-state index is 12.4. The molecule has 2 atom stereocenters. The van der Waals surface area contributed by atoms with Gasteiger partial charge in [-0.1, -0.05) is 38.1 Å². The van der Waals surface area contributed by atoms with Gasteiger partial charge in [-0.2, -0.15) is 0 Å². The fraction of sp³-hybridized carbons (Fsp3) is 0.429. The van der Waals surface area contributed by atoms with E-state index in [4.69, 9.17) is 0 Å². The lowest BCUT2D eigenvalue weighted by Gasteiger charge is -2.58. The molecule has 0 saturated heterocycles. The molecule has 3 heteroatoms. The molecule has 1 aromatic carbocycles. The molecule has 0 heterocycles. The van der Waals surface area contributed by atoms with Crippen LogP contribution in [0.2, 0.25) is 0 Å². The lowest BCUT2D eigenvalue weighted by Crippen LogP contribution is -2.70. The Bertz CT molecular complexity index is 544. The van der Waals surface area contributed by atoms with E-state index in [9.17, 15) is 14.7 Å². The van der Waals surface area contributed by atoms with Gasteiger partial charge in [0.15, 0.2) is 11.6 Å². The number of hydrogen-bond donors (Lipinski definition) is 1. The summed E-state index contributed by atoms with van der Waals surface area (Å²) < 4.78 is 0. The molecule has 0 spiro atoms. The number of Topliss-reactive ketones (excluding diaryl/α,β-unsaturated/α-hetero) is 2. The molecule has 2 aliphatic rings. The quantitative estimate of drug-likeness (QED) is 0.740. The van der Waals surface area contributed by atoms with Gasteiger partial charge in [-0.15, -0.1) is 0 Å². The summed E-state index contributed by atoms with van der Waals surface area (Å²) >= 11 is 0. The molecule has 2 aliphatic carbocycles. The first kappa shape index (κ1) is 10.7. The Morgan fingerprint density at radius 3 is 2.35 bits per heavy atom. The minimum absolute atomic E-state index is 0.0953. The van der Waals surface area contributed by atoms with Crippen LogP contribution in [0.15, 0.2) is 24.3 Å². The Morgan fingerprint density at radius 2 is 1.76 bits per heavy atom. The van der Waals surface area contributed by atoms with Crippen LogP contribution in [-0.2, 0) is 0 Å². The highest BCUT2D eigenvalue weighted by atomic mass is 16.3. The topological polar surface area (TPSA) is 54.4 Å². The van der Waals surface area contributed by atoms with Crippen molar-refractivity contribution in [3.8, 4) is 0 Å². The smallest absolute Gasteiger partial charge is 0.196 e. The molecule has 1 fully saturated rings. The molecule has 0 bridgehead atoms. The Kier molecular flexibility index (Phi) is 1.79. The first-order valence-corrected chi connectivity index (χ1v) is 5.80. The van der Waals surface area contributed by atoms with Crippen LogP contribution >= 0.6 is 0 Å². The number of aliphatic hydroxyl groups is 1. The third-order valence-corrected chi connectivity index (χ3v) is 4.35. The van der Waals surface area contributed by atoms with Gasteiger partial charge in [0.25, 0.3) is 0 Å². The summed E-state index contributed by atoms with van der Waals surface area (Å²) in [6.07, 6.45) is 0.572. The lowest BCUT2D eigenvalue weighted by atomic mass is 9.46. The summed E-state index contributed by atoms with van der Waals surface area (Å²) in [6, 6.07) is 6.76. The van der Waals surface area contributed by atoms with Crippen molar-refractivity contribution in [2.75, 3.05) is 0 Å². The summed E-state index contributed by atoms with van der Waals surface area (Å²) in [4.78, 5) is 24.6. The standard InChI is InChI=1S/C14H14O3/c1-13(2)7-10-11(15)8-5-3-4-6-9(8)12(16)14(10,13)17/h3-6,10,17H,7H2,1-2H3/t10-,14+/m1/s1. The van der Waals surface area contributed by atoms with E-state index in [2.05, 4.69) is 0 Å². The van der Waals surface area contributed by atoms with Gasteiger partial charge >= 0.3 is 0 Å². The first-order valence-electron chi connectivity index (χ1n) is 5.80. The number of ketones is 2. The summed E-state index contributed by atoms with van der Waals surface area (Å²) in [7, 11) is 0. The zero-order valence-electron chi connectivity index (χ0n) is 9.86. The summed E-state index contributed by atoms with van der Waals surface area (Å²) in [6.45, 7) is 3.67. The Morgan fingerprint density at radius 1 is 1.18 bits per heavy atom. The van der Waals surface area contributed by atoms with E-state index in [-0.39, 0.29) is 11.6 Å². The number of hydrogen-bond acceptors (Lipinski definition) is 3. The highest BCUT2D eigenvalue weighted by molar-refractivity contribution is 6.20. The van der Waals surface area contributed by atoms with E-state index < -0.39 is 16.9 Å². The maximum atomic E-state index is 12.4. The predicted octanol–water partition coefficient (Wildman–Crippen LogP) is 1.84. The average Bonchev–Trinajstić information content (AvgIpc) is 2.32. The highest BCUT2D eigenvalue weighted by Gasteiger charge is 2.68. The Hall–Kier alpha value is -1.48. The molecular formula is C14H14O3. The lowest BCUT2D eigenvalue weighted by molar-refractivity contribution is -0.148. The summed E-state index contributed by atoms with van der Waals surface area (Å²) in [5.41, 5.74) is -1.19.